The average Bonchev–Trinajstić information content (AvgIpc) is 2.75. The number of nitrogens with one attached hydrogen (secondary N) is 2. The van der Waals surface area contributed by atoms with E-state index in [0.29, 0.717) is 12.1 Å². The molecule has 0 saturated carbocycles. The third kappa shape index (κ3) is 7.51. The van der Waals surface area contributed by atoms with Gasteiger partial charge in [0.25, 0.3) is 0 Å². The largest absolute Gasteiger partial charge is 0.379 e. The second kappa shape index (κ2) is 13.1. The Morgan fingerprint density at radius 1 is 1.10 bits per heavy atom. The number of nitrogens with zero attached hydrogens (tertiary/aromatic N) is 3. The highest BCUT2D eigenvalue weighted by Gasteiger charge is 2.24. The Hall–Kier alpha value is -0.610. The van der Waals surface area contributed by atoms with Gasteiger partial charge in [-0.2, -0.15) is 0 Å². The van der Waals surface area contributed by atoms with Gasteiger partial charge in [0.1, 0.15) is 0 Å². The van der Waals surface area contributed by atoms with E-state index in [0.717, 1.165) is 69.8 Å². The molecule has 2 aliphatic rings. The lowest BCUT2D eigenvalue weighted by Gasteiger charge is -2.37. The van der Waals surface area contributed by atoms with Crippen LogP contribution >= 0.6 is 35.6 Å². The number of morpholine rings is 1. The van der Waals surface area contributed by atoms with Crippen molar-refractivity contribution in [2.75, 3.05) is 53.0 Å². The minimum absolute atomic E-state index is 0. The van der Waals surface area contributed by atoms with Crippen LogP contribution in [0.5, 0.6) is 0 Å². The van der Waals surface area contributed by atoms with E-state index in [1.807, 2.05) is 19.2 Å². The van der Waals surface area contributed by atoms with Gasteiger partial charge in [0.15, 0.2) is 5.96 Å². The Kier molecular flexibility index (Phi) is 11.2. The van der Waals surface area contributed by atoms with Crippen LogP contribution in [0.1, 0.15) is 38.3 Å². The molecule has 3 rings (SSSR count). The van der Waals surface area contributed by atoms with Crippen LogP contribution < -0.4 is 10.6 Å². The maximum absolute atomic E-state index is 6.11. The van der Waals surface area contributed by atoms with Gasteiger partial charge in [0, 0.05) is 56.9 Å². The average molecular weight is 550 g/mol. The van der Waals surface area contributed by atoms with E-state index >= 15 is 0 Å². The molecule has 0 spiro atoms. The predicted molar refractivity (Wildman–Crippen MR) is 136 cm³/mol. The highest BCUT2D eigenvalue weighted by Crippen LogP contribution is 2.23. The quantitative estimate of drug-likeness (QED) is 0.324. The number of ether oxygens (including phenoxy) is 1. The minimum Gasteiger partial charge on any atom is -0.379 e. The van der Waals surface area contributed by atoms with Crippen molar-refractivity contribution < 1.29 is 4.74 Å². The molecule has 1 atom stereocenters. The number of hydrogen-bond donors (Lipinski definition) is 2. The minimum atomic E-state index is 0. The predicted octanol–water partition coefficient (Wildman–Crippen LogP) is 3.37. The first-order valence-corrected chi connectivity index (χ1v) is 11.2. The molecule has 30 heavy (non-hydrogen) atoms. The lowest BCUT2D eigenvalue weighted by Crippen LogP contribution is -2.51. The molecule has 1 aromatic rings. The van der Waals surface area contributed by atoms with Crippen LogP contribution in [0, 0.1) is 0 Å². The van der Waals surface area contributed by atoms with Gasteiger partial charge in [-0.15, -0.1) is 24.0 Å². The molecule has 8 heteroatoms. The lowest BCUT2D eigenvalue weighted by molar-refractivity contribution is 0.0170. The number of hydrogen-bond acceptors (Lipinski definition) is 4. The lowest BCUT2D eigenvalue weighted by atomic mass is 10.0. The Labute approximate surface area is 203 Å². The smallest absolute Gasteiger partial charge is 0.191 e. The van der Waals surface area contributed by atoms with E-state index in [1.165, 1.54) is 5.56 Å². The van der Waals surface area contributed by atoms with Crippen molar-refractivity contribution in [2.45, 2.75) is 44.8 Å². The number of rotatable bonds is 6. The van der Waals surface area contributed by atoms with Gasteiger partial charge in [0.2, 0.25) is 0 Å². The second-order valence-corrected chi connectivity index (χ2v) is 8.65. The van der Waals surface area contributed by atoms with Crippen molar-refractivity contribution in [2.24, 2.45) is 4.99 Å². The number of piperidine rings is 1. The summed E-state index contributed by atoms with van der Waals surface area (Å²) in [7, 11) is 1.85. The maximum atomic E-state index is 6.11. The van der Waals surface area contributed by atoms with Crippen LogP contribution in [0.15, 0.2) is 29.3 Å². The third-order valence-corrected chi connectivity index (χ3v) is 6.28. The molecule has 2 aliphatic heterocycles. The number of benzene rings is 1. The summed E-state index contributed by atoms with van der Waals surface area (Å²) in [6.45, 7) is 11.1. The summed E-state index contributed by atoms with van der Waals surface area (Å²) in [5, 5.41) is 7.97. The van der Waals surface area contributed by atoms with Crippen molar-refractivity contribution >= 4 is 41.5 Å². The summed E-state index contributed by atoms with van der Waals surface area (Å²) in [6, 6.07) is 9.57. The third-order valence-electron chi connectivity index (χ3n) is 6.03. The van der Waals surface area contributed by atoms with E-state index in [1.54, 1.807) is 0 Å². The zero-order valence-corrected chi connectivity index (χ0v) is 21.5. The van der Waals surface area contributed by atoms with Gasteiger partial charge < -0.3 is 20.3 Å². The molecule has 2 saturated heterocycles. The van der Waals surface area contributed by atoms with Gasteiger partial charge >= 0.3 is 0 Å². The van der Waals surface area contributed by atoms with E-state index in [4.69, 9.17) is 16.3 Å². The molecule has 0 aliphatic carbocycles. The van der Waals surface area contributed by atoms with Crippen molar-refractivity contribution in [3.05, 3.63) is 34.9 Å². The van der Waals surface area contributed by atoms with Crippen molar-refractivity contribution in [3.8, 4) is 0 Å². The van der Waals surface area contributed by atoms with E-state index in [-0.39, 0.29) is 30.0 Å². The van der Waals surface area contributed by atoms with E-state index in [2.05, 4.69) is 51.4 Å². The first-order valence-electron chi connectivity index (χ1n) is 10.9. The molecule has 0 aromatic heterocycles. The summed E-state index contributed by atoms with van der Waals surface area (Å²) in [5.74, 6) is 0.889. The SMILES string of the molecule is CN=C(NCC(c1ccc(Cl)cc1)N1CCOCC1)NC1CCN(C(C)C)CC1.I. The van der Waals surface area contributed by atoms with Crippen molar-refractivity contribution in [1.29, 1.82) is 0 Å². The van der Waals surface area contributed by atoms with Crippen molar-refractivity contribution in [1.82, 2.24) is 20.4 Å². The molecular formula is C22H37ClIN5O. The topological polar surface area (TPSA) is 52.1 Å². The molecule has 0 amide bonds. The van der Waals surface area contributed by atoms with Crippen LogP contribution in [0.4, 0.5) is 0 Å². The number of guanidine groups is 1. The first-order chi connectivity index (χ1) is 14.1. The first kappa shape index (κ1) is 25.6. The van der Waals surface area contributed by atoms with Crippen LogP contribution in [0.2, 0.25) is 5.02 Å². The van der Waals surface area contributed by atoms with Crippen LogP contribution in [0.25, 0.3) is 0 Å². The summed E-state index contributed by atoms with van der Waals surface area (Å²) in [4.78, 5) is 9.50. The van der Waals surface area contributed by atoms with Gasteiger partial charge in [-0.05, 0) is 44.4 Å². The number of aliphatic imine (C=N–C) groups is 1. The summed E-state index contributed by atoms with van der Waals surface area (Å²) >= 11 is 6.11. The summed E-state index contributed by atoms with van der Waals surface area (Å²) in [6.07, 6.45) is 2.31. The summed E-state index contributed by atoms with van der Waals surface area (Å²) in [5.41, 5.74) is 1.27. The fourth-order valence-corrected chi connectivity index (χ4v) is 4.30. The van der Waals surface area contributed by atoms with Gasteiger partial charge in [0.05, 0.1) is 19.3 Å². The van der Waals surface area contributed by atoms with Crippen LogP contribution in [-0.2, 0) is 4.74 Å². The normalized spacial score (nSPS) is 20.6. The molecule has 2 fully saturated rings. The molecule has 0 bridgehead atoms. The zero-order valence-electron chi connectivity index (χ0n) is 18.4. The molecule has 2 N–H and O–H groups in total. The molecule has 0 radical (unpaired) electrons. The molecular weight excluding hydrogens is 513 g/mol. The Morgan fingerprint density at radius 3 is 2.30 bits per heavy atom. The molecule has 1 aromatic carbocycles. The zero-order chi connectivity index (χ0) is 20.6. The van der Waals surface area contributed by atoms with E-state index in [9.17, 15) is 0 Å². The summed E-state index contributed by atoms with van der Waals surface area (Å²) < 4.78 is 5.55. The van der Waals surface area contributed by atoms with Gasteiger partial charge in [-0.1, -0.05) is 23.7 Å². The van der Waals surface area contributed by atoms with Crippen LogP contribution in [-0.4, -0.2) is 80.8 Å². The van der Waals surface area contributed by atoms with E-state index < -0.39 is 0 Å². The number of halogens is 2. The van der Waals surface area contributed by atoms with Gasteiger partial charge in [-0.25, -0.2) is 0 Å². The second-order valence-electron chi connectivity index (χ2n) is 8.22. The fraction of sp³-hybridized carbons (Fsp3) is 0.682. The Morgan fingerprint density at radius 2 is 1.73 bits per heavy atom. The van der Waals surface area contributed by atoms with Gasteiger partial charge in [-0.3, -0.25) is 9.89 Å². The Bertz CT molecular complexity index is 643. The monoisotopic (exact) mass is 549 g/mol. The Balaban J connectivity index is 0.00000320. The fourth-order valence-electron chi connectivity index (χ4n) is 4.17. The van der Waals surface area contributed by atoms with Crippen LogP contribution in [0.3, 0.4) is 0 Å². The highest BCUT2D eigenvalue weighted by molar-refractivity contribution is 14.0. The number of likely N-dealkylation sites (tertiary alicyclic amines) is 1. The molecule has 6 nitrogen and oxygen atoms in total. The molecule has 170 valence electrons. The molecule has 1 unspecified atom stereocenters. The maximum Gasteiger partial charge on any atom is 0.191 e. The standard InChI is InChI=1S/C22H36ClN5O.HI/c1-17(2)27-10-8-20(9-11-27)26-22(24-3)25-16-21(28-12-14-29-15-13-28)18-4-6-19(23)7-5-18;/h4-7,17,20-21H,8-16H2,1-3H3,(H2,24,25,26);1H. The van der Waals surface area contributed by atoms with Crippen molar-refractivity contribution in [3.63, 3.8) is 0 Å². The highest BCUT2D eigenvalue weighted by atomic mass is 127. The molecule has 2 heterocycles.